The van der Waals surface area contributed by atoms with Gasteiger partial charge in [-0.15, -0.1) is 0 Å². The second-order valence-corrected chi connectivity index (χ2v) is 6.50. The van der Waals surface area contributed by atoms with Gasteiger partial charge in [-0.1, -0.05) is 47.0 Å². The molecule has 0 bridgehead atoms. The van der Waals surface area contributed by atoms with Gasteiger partial charge >= 0.3 is 0 Å². The fraction of sp³-hybridized carbons (Fsp3) is 1.00. The zero-order chi connectivity index (χ0) is 14.3. The smallest absolute Gasteiger partial charge is 0.0839 e. The maximum Gasteiger partial charge on any atom is 0.0839 e. The lowest BCUT2D eigenvalue weighted by atomic mass is 9.70. The average Bonchev–Trinajstić information content (AvgIpc) is 2.36. The number of ether oxygens (including phenoxy) is 1. The van der Waals surface area contributed by atoms with Crippen molar-refractivity contribution < 1.29 is 4.74 Å². The predicted octanol–water partition coefficient (Wildman–Crippen LogP) is 4.39. The highest BCUT2D eigenvalue weighted by Gasteiger charge is 2.44. The van der Waals surface area contributed by atoms with Crippen molar-refractivity contribution in [2.75, 3.05) is 13.2 Å². The summed E-state index contributed by atoms with van der Waals surface area (Å²) >= 11 is 0. The van der Waals surface area contributed by atoms with Crippen LogP contribution < -0.4 is 5.32 Å². The van der Waals surface area contributed by atoms with Gasteiger partial charge in [0.25, 0.3) is 0 Å². The zero-order valence-corrected chi connectivity index (χ0v) is 13.8. The van der Waals surface area contributed by atoms with Crippen molar-refractivity contribution in [3.63, 3.8) is 0 Å². The lowest BCUT2D eigenvalue weighted by molar-refractivity contribution is -0.111. The molecule has 0 aliphatic heterocycles. The largest absolute Gasteiger partial charge is 0.374 e. The molecule has 0 aromatic rings. The van der Waals surface area contributed by atoms with Crippen molar-refractivity contribution in [2.45, 2.75) is 84.8 Å². The summed E-state index contributed by atoms with van der Waals surface area (Å²) in [6, 6.07) is 0.514. The Bertz CT molecular complexity index is 239. The molecule has 1 saturated carbocycles. The van der Waals surface area contributed by atoms with Crippen molar-refractivity contribution in [3.8, 4) is 0 Å². The highest BCUT2D eigenvalue weighted by molar-refractivity contribution is 4.99. The number of likely N-dealkylation sites (N-methyl/N-ethyl adjacent to an activating group) is 1. The van der Waals surface area contributed by atoms with E-state index in [4.69, 9.17) is 4.74 Å². The number of rotatable bonds is 8. The highest BCUT2D eigenvalue weighted by atomic mass is 16.5. The first kappa shape index (κ1) is 17.0. The van der Waals surface area contributed by atoms with Crippen LogP contribution in [0.5, 0.6) is 0 Å². The third-order valence-corrected chi connectivity index (χ3v) is 4.73. The van der Waals surface area contributed by atoms with E-state index in [0.29, 0.717) is 12.0 Å². The third-order valence-electron chi connectivity index (χ3n) is 4.73. The molecule has 1 aliphatic rings. The summed E-state index contributed by atoms with van der Waals surface area (Å²) in [6.45, 7) is 13.3. The Morgan fingerprint density at radius 2 is 2.05 bits per heavy atom. The fourth-order valence-electron chi connectivity index (χ4n) is 4.08. The average molecular weight is 269 g/mol. The topological polar surface area (TPSA) is 21.3 Å². The van der Waals surface area contributed by atoms with E-state index in [1.165, 1.54) is 38.5 Å². The van der Waals surface area contributed by atoms with Gasteiger partial charge in [0.05, 0.1) is 5.60 Å². The van der Waals surface area contributed by atoms with Crippen molar-refractivity contribution in [1.82, 2.24) is 5.32 Å². The zero-order valence-electron chi connectivity index (χ0n) is 13.8. The Morgan fingerprint density at radius 3 is 2.58 bits per heavy atom. The fourth-order valence-corrected chi connectivity index (χ4v) is 4.08. The highest BCUT2D eigenvalue weighted by Crippen LogP contribution is 2.40. The van der Waals surface area contributed by atoms with Crippen molar-refractivity contribution >= 4 is 0 Å². The minimum atomic E-state index is 0.0804. The molecule has 0 spiro atoms. The first-order valence-corrected chi connectivity index (χ1v) is 8.46. The van der Waals surface area contributed by atoms with Crippen LogP contribution in [0.4, 0.5) is 0 Å². The second kappa shape index (κ2) is 8.26. The van der Waals surface area contributed by atoms with Crippen LogP contribution in [0.15, 0.2) is 0 Å². The van der Waals surface area contributed by atoms with E-state index in [1.54, 1.807) is 0 Å². The molecule has 2 heteroatoms. The summed E-state index contributed by atoms with van der Waals surface area (Å²) in [7, 11) is 0. The van der Waals surface area contributed by atoms with E-state index >= 15 is 0 Å². The SMILES string of the molecule is CCCC(C)C(NCC)C1(OCC)CCCC(C)C1. The summed E-state index contributed by atoms with van der Waals surface area (Å²) in [6.07, 6.45) is 7.71. The number of nitrogens with one attached hydrogen (secondary N) is 1. The van der Waals surface area contributed by atoms with Gasteiger partial charge in [0.2, 0.25) is 0 Å². The van der Waals surface area contributed by atoms with Crippen LogP contribution in [-0.4, -0.2) is 24.8 Å². The predicted molar refractivity (Wildman–Crippen MR) is 83.5 cm³/mol. The second-order valence-electron chi connectivity index (χ2n) is 6.50. The minimum Gasteiger partial charge on any atom is -0.374 e. The molecular formula is C17H35NO. The molecule has 1 rings (SSSR count). The van der Waals surface area contributed by atoms with Crippen molar-refractivity contribution in [1.29, 1.82) is 0 Å². The lowest BCUT2D eigenvalue weighted by Gasteiger charge is -2.48. The summed E-state index contributed by atoms with van der Waals surface area (Å²) in [5.41, 5.74) is 0.0804. The monoisotopic (exact) mass is 269 g/mol. The van der Waals surface area contributed by atoms with Gasteiger partial charge in [-0.3, -0.25) is 0 Å². The van der Waals surface area contributed by atoms with Crippen LogP contribution in [0.3, 0.4) is 0 Å². The standard InChI is InChI=1S/C17H35NO/c1-6-10-15(5)16(18-7-2)17(19-8-3)12-9-11-14(4)13-17/h14-16,18H,6-13H2,1-5H3. The molecular weight excluding hydrogens is 234 g/mol. The first-order valence-electron chi connectivity index (χ1n) is 8.46. The molecule has 0 aromatic carbocycles. The maximum atomic E-state index is 6.36. The molecule has 114 valence electrons. The molecule has 1 aliphatic carbocycles. The molecule has 0 saturated heterocycles. The molecule has 4 unspecified atom stereocenters. The third kappa shape index (κ3) is 4.46. The van der Waals surface area contributed by atoms with Crippen LogP contribution in [0, 0.1) is 11.8 Å². The summed E-state index contributed by atoms with van der Waals surface area (Å²) in [5.74, 6) is 1.50. The van der Waals surface area contributed by atoms with Crippen LogP contribution in [0.1, 0.15) is 73.1 Å². The van der Waals surface area contributed by atoms with Crippen LogP contribution in [0.2, 0.25) is 0 Å². The van der Waals surface area contributed by atoms with E-state index in [0.717, 1.165) is 19.1 Å². The van der Waals surface area contributed by atoms with E-state index < -0.39 is 0 Å². The minimum absolute atomic E-state index is 0.0804. The Hall–Kier alpha value is -0.0800. The molecule has 0 aromatic heterocycles. The first-order chi connectivity index (χ1) is 9.09. The Balaban J connectivity index is 2.89. The van der Waals surface area contributed by atoms with Crippen LogP contribution in [0.25, 0.3) is 0 Å². The van der Waals surface area contributed by atoms with E-state index in [2.05, 4.69) is 39.9 Å². The molecule has 0 heterocycles. The lowest BCUT2D eigenvalue weighted by Crippen LogP contribution is -2.57. The number of hydrogen-bond donors (Lipinski definition) is 1. The van der Waals surface area contributed by atoms with Gasteiger partial charge in [0.1, 0.15) is 0 Å². The molecule has 0 radical (unpaired) electrons. The van der Waals surface area contributed by atoms with Crippen LogP contribution in [-0.2, 0) is 4.74 Å². The van der Waals surface area contributed by atoms with Gasteiger partial charge < -0.3 is 10.1 Å². The van der Waals surface area contributed by atoms with E-state index in [-0.39, 0.29) is 5.60 Å². The van der Waals surface area contributed by atoms with E-state index in [1.807, 2.05) is 0 Å². The van der Waals surface area contributed by atoms with Gasteiger partial charge in [0.15, 0.2) is 0 Å². The molecule has 1 N–H and O–H groups in total. The Morgan fingerprint density at radius 1 is 1.32 bits per heavy atom. The molecule has 1 fully saturated rings. The Labute approximate surface area is 120 Å². The normalized spacial score (nSPS) is 31.1. The molecule has 2 nitrogen and oxygen atoms in total. The molecule has 19 heavy (non-hydrogen) atoms. The maximum absolute atomic E-state index is 6.36. The van der Waals surface area contributed by atoms with Crippen molar-refractivity contribution in [2.24, 2.45) is 11.8 Å². The van der Waals surface area contributed by atoms with E-state index in [9.17, 15) is 0 Å². The Kier molecular flexibility index (Phi) is 7.38. The van der Waals surface area contributed by atoms with Gasteiger partial charge in [0, 0.05) is 12.6 Å². The van der Waals surface area contributed by atoms with Gasteiger partial charge in [-0.25, -0.2) is 0 Å². The number of hydrogen-bond acceptors (Lipinski definition) is 2. The summed E-state index contributed by atoms with van der Waals surface area (Å²) < 4.78 is 6.36. The quantitative estimate of drug-likeness (QED) is 0.706. The van der Waals surface area contributed by atoms with Crippen molar-refractivity contribution in [3.05, 3.63) is 0 Å². The summed E-state index contributed by atoms with van der Waals surface area (Å²) in [4.78, 5) is 0. The molecule has 4 atom stereocenters. The summed E-state index contributed by atoms with van der Waals surface area (Å²) in [5, 5.41) is 3.76. The van der Waals surface area contributed by atoms with Gasteiger partial charge in [-0.05, 0) is 44.6 Å². The van der Waals surface area contributed by atoms with Crippen LogP contribution >= 0.6 is 0 Å². The molecule has 0 amide bonds. The van der Waals surface area contributed by atoms with Gasteiger partial charge in [-0.2, -0.15) is 0 Å².